The molecule has 2 heterocycles. The molecule has 126 valence electrons. The Morgan fingerprint density at radius 3 is 2.75 bits per heavy atom. The standard InChI is InChI=1S/C17H20N4OS2/c1-11(2)8-18-16-20-21-17(24-16)23-10-14-9-22-15(19-14)13-6-4-12(3)5-7-13/h4-7,9,11H,8,10H2,1-3H3,(H,18,20). The van der Waals surface area contributed by atoms with E-state index in [0.29, 0.717) is 17.6 Å². The second-order valence-electron chi connectivity index (χ2n) is 5.95. The lowest BCUT2D eigenvalue weighted by Gasteiger charge is -2.03. The number of thioether (sulfide) groups is 1. The van der Waals surface area contributed by atoms with Crippen molar-refractivity contribution in [3.8, 4) is 11.5 Å². The Morgan fingerprint density at radius 2 is 2.00 bits per heavy atom. The maximum absolute atomic E-state index is 5.58. The van der Waals surface area contributed by atoms with Crippen molar-refractivity contribution in [3.05, 3.63) is 41.8 Å². The molecule has 1 N–H and O–H groups in total. The van der Waals surface area contributed by atoms with E-state index in [9.17, 15) is 0 Å². The van der Waals surface area contributed by atoms with Crippen molar-refractivity contribution in [1.82, 2.24) is 15.2 Å². The van der Waals surface area contributed by atoms with Crippen LogP contribution in [-0.2, 0) is 5.75 Å². The molecular weight excluding hydrogens is 340 g/mol. The van der Waals surface area contributed by atoms with E-state index >= 15 is 0 Å². The molecule has 0 saturated heterocycles. The number of aryl methyl sites for hydroxylation is 1. The number of anilines is 1. The zero-order valence-corrected chi connectivity index (χ0v) is 15.6. The Kier molecular flexibility index (Phi) is 5.52. The number of nitrogens with zero attached hydrogens (tertiary/aromatic N) is 3. The molecule has 0 unspecified atom stereocenters. The minimum atomic E-state index is 0.584. The van der Waals surface area contributed by atoms with Gasteiger partial charge in [-0.15, -0.1) is 10.2 Å². The molecule has 7 heteroatoms. The van der Waals surface area contributed by atoms with Gasteiger partial charge in [-0.3, -0.25) is 0 Å². The summed E-state index contributed by atoms with van der Waals surface area (Å²) in [5, 5.41) is 12.5. The average molecular weight is 361 g/mol. The molecule has 0 radical (unpaired) electrons. The van der Waals surface area contributed by atoms with Crippen molar-refractivity contribution in [2.24, 2.45) is 5.92 Å². The molecule has 0 aliphatic rings. The number of oxazole rings is 1. The van der Waals surface area contributed by atoms with Crippen LogP contribution in [0.2, 0.25) is 0 Å². The van der Waals surface area contributed by atoms with Crippen LogP contribution in [0.1, 0.15) is 25.1 Å². The molecule has 0 saturated carbocycles. The van der Waals surface area contributed by atoms with Crippen molar-refractivity contribution < 1.29 is 4.42 Å². The van der Waals surface area contributed by atoms with E-state index in [1.807, 2.05) is 12.1 Å². The third-order valence-corrected chi connectivity index (χ3v) is 5.31. The summed E-state index contributed by atoms with van der Waals surface area (Å²) < 4.78 is 6.51. The Labute approximate surface area is 149 Å². The predicted octanol–water partition coefficient (Wildman–Crippen LogP) is 4.86. The van der Waals surface area contributed by atoms with E-state index in [1.165, 1.54) is 5.56 Å². The van der Waals surface area contributed by atoms with E-state index in [0.717, 1.165) is 27.3 Å². The summed E-state index contributed by atoms with van der Waals surface area (Å²) >= 11 is 3.19. The fraction of sp³-hybridized carbons (Fsp3) is 0.353. The van der Waals surface area contributed by atoms with Crippen LogP contribution in [0.25, 0.3) is 11.5 Å². The van der Waals surface area contributed by atoms with Crippen molar-refractivity contribution in [1.29, 1.82) is 0 Å². The van der Waals surface area contributed by atoms with Crippen LogP contribution >= 0.6 is 23.1 Å². The molecule has 1 aromatic carbocycles. The summed E-state index contributed by atoms with van der Waals surface area (Å²) in [5.41, 5.74) is 3.12. The van der Waals surface area contributed by atoms with Crippen LogP contribution in [0.4, 0.5) is 5.13 Å². The zero-order chi connectivity index (χ0) is 16.9. The maximum atomic E-state index is 5.58. The summed E-state index contributed by atoms with van der Waals surface area (Å²) in [6.45, 7) is 7.30. The minimum absolute atomic E-state index is 0.584. The molecule has 3 aromatic rings. The Morgan fingerprint density at radius 1 is 1.21 bits per heavy atom. The fourth-order valence-electron chi connectivity index (χ4n) is 1.97. The van der Waals surface area contributed by atoms with Crippen molar-refractivity contribution in [2.75, 3.05) is 11.9 Å². The maximum Gasteiger partial charge on any atom is 0.226 e. The van der Waals surface area contributed by atoms with Crippen molar-refractivity contribution >= 4 is 28.2 Å². The van der Waals surface area contributed by atoms with Gasteiger partial charge in [0.25, 0.3) is 0 Å². The highest BCUT2D eigenvalue weighted by Crippen LogP contribution is 2.29. The summed E-state index contributed by atoms with van der Waals surface area (Å²) in [5.74, 6) is 1.95. The van der Waals surface area contributed by atoms with Crippen molar-refractivity contribution in [2.45, 2.75) is 30.9 Å². The monoisotopic (exact) mass is 360 g/mol. The quantitative estimate of drug-likeness (QED) is 0.607. The molecular formula is C17H20N4OS2. The normalized spacial score (nSPS) is 11.2. The molecule has 5 nitrogen and oxygen atoms in total. The minimum Gasteiger partial charge on any atom is -0.444 e. The van der Waals surface area contributed by atoms with Gasteiger partial charge in [-0.05, 0) is 25.0 Å². The molecule has 2 aromatic heterocycles. The molecule has 0 atom stereocenters. The van der Waals surface area contributed by atoms with Gasteiger partial charge in [-0.2, -0.15) is 0 Å². The number of benzene rings is 1. The van der Waals surface area contributed by atoms with Crippen LogP contribution in [0.3, 0.4) is 0 Å². The third-order valence-electron chi connectivity index (χ3n) is 3.26. The van der Waals surface area contributed by atoms with Crippen molar-refractivity contribution in [3.63, 3.8) is 0 Å². The van der Waals surface area contributed by atoms with Gasteiger partial charge in [0.2, 0.25) is 11.0 Å². The molecule has 24 heavy (non-hydrogen) atoms. The van der Waals surface area contributed by atoms with Crippen LogP contribution in [0, 0.1) is 12.8 Å². The highest BCUT2D eigenvalue weighted by Gasteiger charge is 2.09. The summed E-state index contributed by atoms with van der Waals surface area (Å²) in [6.07, 6.45) is 1.71. The molecule has 0 aliphatic heterocycles. The van der Waals surface area contributed by atoms with E-state index in [4.69, 9.17) is 4.42 Å². The Hall–Kier alpha value is -1.86. The topological polar surface area (TPSA) is 63.8 Å². The fourth-order valence-corrected chi connectivity index (χ4v) is 3.60. The van der Waals surface area contributed by atoms with Gasteiger partial charge in [0.05, 0.1) is 5.69 Å². The van der Waals surface area contributed by atoms with Gasteiger partial charge >= 0.3 is 0 Å². The largest absolute Gasteiger partial charge is 0.444 e. The number of hydrogen-bond donors (Lipinski definition) is 1. The first-order valence-corrected chi connectivity index (χ1v) is 9.62. The molecule has 0 fully saturated rings. The Bertz CT molecular complexity index is 780. The third kappa shape index (κ3) is 4.58. The van der Waals surface area contributed by atoms with E-state index < -0.39 is 0 Å². The van der Waals surface area contributed by atoms with Gasteiger partial charge in [0, 0.05) is 17.9 Å². The van der Waals surface area contributed by atoms with E-state index in [2.05, 4.69) is 53.4 Å². The zero-order valence-electron chi connectivity index (χ0n) is 13.9. The second kappa shape index (κ2) is 7.81. The molecule has 0 bridgehead atoms. The Balaban J connectivity index is 1.56. The summed E-state index contributed by atoms with van der Waals surface area (Å²) in [4.78, 5) is 4.54. The van der Waals surface area contributed by atoms with E-state index in [-0.39, 0.29) is 0 Å². The lowest BCUT2D eigenvalue weighted by Crippen LogP contribution is -2.07. The van der Waals surface area contributed by atoms with Crippen LogP contribution < -0.4 is 5.32 Å². The molecule has 3 rings (SSSR count). The highest BCUT2D eigenvalue weighted by atomic mass is 32.2. The SMILES string of the molecule is Cc1ccc(-c2nc(CSc3nnc(NCC(C)C)s3)co2)cc1. The highest BCUT2D eigenvalue weighted by molar-refractivity contribution is 8.00. The first kappa shape index (κ1) is 17.0. The number of rotatable bonds is 7. The van der Waals surface area contributed by atoms with Gasteiger partial charge in [-0.25, -0.2) is 4.98 Å². The molecule has 0 spiro atoms. The number of nitrogens with one attached hydrogen (secondary N) is 1. The first-order chi connectivity index (χ1) is 11.6. The lowest BCUT2D eigenvalue weighted by atomic mass is 10.1. The van der Waals surface area contributed by atoms with Gasteiger partial charge in [0.1, 0.15) is 6.26 Å². The van der Waals surface area contributed by atoms with Gasteiger partial charge in [-0.1, -0.05) is 54.6 Å². The number of hydrogen-bond acceptors (Lipinski definition) is 7. The smallest absolute Gasteiger partial charge is 0.226 e. The summed E-state index contributed by atoms with van der Waals surface area (Å²) in [7, 11) is 0. The van der Waals surface area contributed by atoms with Crippen LogP contribution in [-0.4, -0.2) is 21.7 Å². The summed E-state index contributed by atoms with van der Waals surface area (Å²) in [6, 6.07) is 8.16. The lowest BCUT2D eigenvalue weighted by molar-refractivity contribution is 0.573. The number of aromatic nitrogens is 3. The van der Waals surface area contributed by atoms with Gasteiger partial charge < -0.3 is 9.73 Å². The van der Waals surface area contributed by atoms with Crippen LogP contribution in [0.15, 0.2) is 39.3 Å². The van der Waals surface area contributed by atoms with Gasteiger partial charge in [0.15, 0.2) is 4.34 Å². The second-order valence-corrected chi connectivity index (χ2v) is 8.15. The van der Waals surface area contributed by atoms with E-state index in [1.54, 1.807) is 29.4 Å². The predicted molar refractivity (Wildman–Crippen MR) is 99.5 cm³/mol. The average Bonchev–Trinajstić information content (AvgIpc) is 3.21. The molecule has 0 aliphatic carbocycles. The van der Waals surface area contributed by atoms with Crippen LogP contribution in [0.5, 0.6) is 0 Å². The molecule has 0 amide bonds. The first-order valence-electron chi connectivity index (χ1n) is 7.82.